The van der Waals surface area contributed by atoms with E-state index in [-0.39, 0.29) is 28.8 Å². The van der Waals surface area contributed by atoms with Gasteiger partial charge in [0, 0.05) is 16.8 Å². The molecule has 144 valence electrons. The molecule has 1 aromatic heterocycles. The van der Waals surface area contributed by atoms with Gasteiger partial charge in [0.05, 0.1) is 10.5 Å². The minimum Gasteiger partial charge on any atom is -0.489 e. The largest absolute Gasteiger partial charge is 0.489 e. The van der Waals surface area contributed by atoms with Crippen molar-refractivity contribution in [2.24, 2.45) is 0 Å². The van der Waals surface area contributed by atoms with Gasteiger partial charge in [-0.25, -0.2) is 4.39 Å². The Morgan fingerprint density at radius 2 is 1.93 bits per heavy atom. The van der Waals surface area contributed by atoms with Crippen LogP contribution in [-0.2, 0) is 11.4 Å². The number of H-pyrrole nitrogens is 1. The molecule has 0 saturated carbocycles. The summed E-state index contributed by atoms with van der Waals surface area (Å²) in [6, 6.07) is 14.3. The monoisotopic (exact) mass is 397 g/mol. The van der Waals surface area contributed by atoms with Gasteiger partial charge in [0.15, 0.2) is 5.82 Å². The number of carbonyl (C=O) groups is 1. The standard InChI is InChI=1S/C21H20FN3O2S/c1-12-18-19(28-13(2)21(26)23-20(18)25-24-12)14-7-9-16(10-8-14)27-11-15-5-3-4-6-17(15)22/h3-10,13,19H,11H2,1-2H3,(H2,23,24,25,26)/t13-,19+/m1/s1. The fourth-order valence-electron chi connectivity index (χ4n) is 3.17. The topological polar surface area (TPSA) is 67.0 Å². The van der Waals surface area contributed by atoms with Crippen molar-refractivity contribution < 1.29 is 13.9 Å². The van der Waals surface area contributed by atoms with E-state index in [4.69, 9.17) is 4.74 Å². The molecule has 0 fully saturated rings. The molecule has 4 rings (SSSR count). The van der Waals surface area contributed by atoms with Crippen molar-refractivity contribution in [3.05, 3.63) is 76.7 Å². The highest BCUT2D eigenvalue weighted by Crippen LogP contribution is 2.44. The van der Waals surface area contributed by atoms with Crippen molar-refractivity contribution in [3.8, 4) is 5.75 Å². The predicted octanol–water partition coefficient (Wildman–Crippen LogP) is 4.60. The van der Waals surface area contributed by atoms with Crippen LogP contribution < -0.4 is 10.1 Å². The molecule has 5 nitrogen and oxygen atoms in total. The Hall–Kier alpha value is -2.80. The number of benzene rings is 2. The summed E-state index contributed by atoms with van der Waals surface area (Å²) in [7, 11) is 0. The minimum atomic E-state index is -0.275. The second-order valence-corrected chi connectivity index (χ2v) is 8.16. The smallest absolute Gasteiger partial charge is 0.238 e. The van der Waals surface area contributed by atoms with Crippen LogP contribution in [-0.4, -0.2) is 21.4 Å². The highest BCUT2D eigenvalue weighted by atomic mass is 32.2. The summed E-state index contributed by atoms with van der Waals surface area (Å²) in [5, 5.41) is 9.86. The molecule has 0 saturated heterocycles. The molecule has 2 atom stereocenters. The number of nitrogens with zero attached hydrogens (tertiary/aromatic N) is 1. The second-order valence-electron chi connectivity index (χ2n) is 6.71. The molecule has 7 heteroatoms. The SMILES string of the molecule is Cc1[nH]nc2c1[C@H](c1ccc(OCc3ccccc3F)cc1)S[C@H](C)C(=O)N2. The number of amides is 1. The van der Waals surface area contributed by atoms with E-state index in [0.29, 0.717) is 17.1 Å². The fourth-order valence-corrected chi connectivity index (χ4v) is 4.50. The van der Waals surface area contributed by atoms with E-state index in [1.54, 1.807) is 30.0 Å². The lowest BCUT2D eigenvalue weighted by Crippen LogP contribution is -2.21. The van der Waals surface area contributed by atoms with Crippen LogP contribution in [0.4, 0.5) is 10.2 Å². The summed E-state index contributed by atoms with van der Waals surface area (Å²) in [6.07, 6.45) is 0. The number of hydrogen-bond donors (Lipinski definition) is 2. The summed E-state index contributed by atoms with van der Waals surface area (Å²) < 4.78 is 19.5. The van der Waals surface area contributed by atoms with Crippen LogP contribution in [0, 0.1) is 12.7 Å². The zero-order chi connectivity index (χ0) is 19.7. The Balaban J connectivity index is 1.55. The van der Waals surface area contributed by atoms with Gasteiger partial charge in [-0.2, -0.15) is 5.10 Å². The molecule has 0 aliphatic carbocycles. The van der Waals surface area contributed by atoms with E-state index in [1.165, 1.54) is 6.07 Å². The third kappa shape index (κ3) is 3.62. The van der Waals surface area contributed by atoms with Crippen molar-refractivity contribution in [1.29, 1.82) is 0 Å². The van der Waals surface area contributed by atoms with Gasteiger partial charge in [-0.1, -0.05) is 30.3 Å². The van der Waals surface area contributed by atoms with E-state index in [2.05, 4.69) is 15.5 Å². The van der Waals surface area contributed by atoms with Crippen LogP contribution in [0.1, 0.15) is 34.6 Å². The average Bonchev–Trinajstić information content (AvgIpc) is 2.99. The molecule has 0 bridgehead atoms. The molecule has 0 spiro atoms. The number of ether oxygens (including phenoxy) is 1. The minimum absolute atomic E-state index is 0.0247. The van der Waals surface area contributed by atoms with Crippen molar-refractivity contribution >= 4 is 23.5 Å². The molecule has 28 heavy (non-hydrogen) atoms. The summed E-state index contributed by atoms with van der Waals surface area (Å²) in [6.45, 7) is 4.02. The van der Waals surface area contributed by atoms with E-state index in [0.717, 1.165) is 16.8 Å². The molecule has 0 radical (unpaired) electrons. The lowest BCUT2D eigenvalue weighted by molar-refractivity contribution is -0.115. The van der Waals surface area contributed by atoms with Gasteiger partial charge in [0.2, 0.25) is 5.91 Å². The average molecular weight is 397 g/mol. The van der Waals surface area contributed by atoms with Crippen LogP contribution in [0.25, 0.3) is 0 Å². The quantitative estimate of drug-likeness (QED) is 0.675. The third-order valence-corrected chi connectivity index (χ3v) is 6.15. The number of anilines is 1. The molecular weight excluding hydrogens is 377 g/mol. The molecular formula is C21H20FN3O2S. The first-order valence-corrected chi connectivity index (χ1v) is 9.94. The first-order valence-electron chi connectivity index (χ1n) is 9.00. The van der Waals surface area contributed by atoms with Crippen LogP contribution in [0.5, 0.6) is 5.75 Å². The zero-order valence-corrected chi connectivity index (χ0v) is 16.3. The van der Waals surface area contributed by atoms with Crippen LogP contribution in [0.3, 0.4) is 0 Å². The number of halogens is 1. The summed E-state index contributed by atoms with van der Waals surface area (Å²) >= 11 is 1.59. The predicted molar refractivity (Wildman–Crippen MR) is 108 cm³/mol. The maximum Gasteiger partial charge on any atom is 0.238 e. The van der Waals surface area contributed by atoms with Crippen molar-refractivity contribution in [1.82, 2.24) is 10.2 Å². The maximum atomic E-state index is 13.7. The van der Waals surface area contributed by atoms with Crippen molar-refractivity contribution in [3.63, 3.8) is 0 Å². The number of aryl methyl sites for hydroxylation is 1. The van der Waals surface area contributed by atoms with Crippen LogP contribution >= 0.6 is 11.8 Å². The molecule has 2 aromatic carbocycles. The zero-order valence-electron chi connectivity index (χ0n) is 15.5. The third-order valence-electron chi connectivity index (χ3n) is 4.74. The number of carbonyl (C=O) groups excluding carboxylic acids is 1. The van der Waals surface area contributed by atoms with Gasteiger partial charge in [-0.15, -0.1) is 11.8 Å². The highest BCUT2D eigenvalue weighted by molar-refractivity contribution is 8.01. The number of fused-ring (bicyclic) bond motifs is 1. The summed E-state index contributed by atoms with van der Waals surface area (Å²) in [4.78, 5) is 12.2. The number of rotatable bonds is 4. The first kappa shape index (κ1) is 18.6. The molecule has 1 aliphatic heterocycles. The van der Waals surface area contributed by atoms with Gasteiger partial charge in [-0.05, 0) is 37.6 Å². The lowest BCUT2D eigenvalue weighted by Gasteiger charge is -2.18. The number of hydrogen-bond acceptors (Lipinski definition) is 4. The fraction of sp³-hybridized carbons (Fsp3) is 0.238. The van der Waals surface area contributed by atoms with Crippen LogP contribution in [0.2, 0.25) is 0 Å². The number of aromatic nitrogens is 2. The van der Waals surface area contributed by atoms with E-state index < -0.39 is 0 Å². The number of thioether (sulfide) groups is 1. The Morgan fingerprint density at radius 3 is 2.68 bits per heavy atom. The van der Waals surface area contributed by atoms with Crippen LogP contribution in [0.15, 0.2) is 48.5 Å². The molecule has 0 unspecified atom stereocenters. The molecule has 3 aromatic rings. The van der Waals surface area contributed by atoms with Crippen molar-refractivity contribution in [2.75, 3.05) is 5.32 Å². The van der Waals surface area contributed by atoms with Gasteiger partial charge < -0.3 is 10.1 Å². The number of aromatic amines is 1. The molecule has 1 amide bonds. The Morgan fingerprint density at radius 1 is 1.18 bits per heavy atom. The molecule has 2 N–H and O–H groups in total. The Bertz CT molecular complexity index is 1000. The summed E-state index contributed by atoms with van der Waals surface area (Å²) in [5.74, 6) is 0.925. The second kappa shape index (κ2) is 7.67. The van der Waals surface area contributed by atoms with E-state index in [1.807, 2.05) is 38.1 Å². The van der Waals surface area contributed by atoms with Crippen molar-refractivity contribution in [2.45, 2.75) is 31.0 Å². The van der Waals surface area contributed by atoms with Gasteiger partial charge in [0.25, 0.3) is 0 Å². The van der Waals surface area contributed by atoms with Gasteiger partial charge >= 0.3 is 0 Å². The van der Waals surface area contributed by atoms with Gasteiger partial charge in [-0.3, -0.25) is 9.89 Å². The van der Waals surface area contributed by atoms with Gasteiger partial charge in [0.1, 0.15) is 18.2 Å². The summed E-state index contributed by atoms with van der Waals surface area (Å²) in [5.41, 5.74) is 3.49. The Kier molecular flexibility index (Phi) is 5.09. The Labute approximate surface area is 166 Å². The van der Waals surface area contributed by atoms with E-state index in [9.17, 15) is 9.18 Å². The number of nitrogens with one attached hydrogen (secondary N) is 2. The normalized spacial score (nSPS) is 18.9. The maximum absolute atomic E-state index is 13.7. The highest BCUT2D eigenvalue weighted by Gasteiger charge is 2.32. The first-order chi connectivity index (χ1) is 13.5. The lowest BCUT2D eigenvalue weighted by atomic mass is 10.0. The van der Waals surface area contributed by atoms with E-state index >= 15 is 0 Å². The molecule has 2 heterocycles. The molecule has 1 aliphatic rings.